The summed E-state index contributed by atoms with van der Waals surface area (Å²) in [6.45, 7) is 6.29. The van der Waals surface area contributed by atoms with E-state index in [1.807, 2.05) is 14.1 Å². The monoisotopic (exact) mass is 139 g/mol. The van der Waals surface area contributed by atoms with Crippen LogP contribution in [0.1, 0.15) is 20.8 Å². The van der Waals surface area contributed by atoms with Crippen LogP contribution < -0.4 is 0 Å². The van der Waals surface area contributed by atoms with Crippen LogP contribution >= 0.6 is 0 Å². The van der Waals surface area contributed by atoms with E-state index in [1.54, 1.807) is 0 Å². The molecule has 0 spiro atoms. The van der Waals surface area contributed by atoms with Crippen LogP contribution in [0.5, 0.6) is 0 Å². The van der Waals surface area contributed by atoms with E-state index >= 15 is 0 Å². The normalized spacial score (nSPS) is 11.1. The highest BCUT2D eigenvalue weighted by Crippen LogP contribution is 1.98. The third-order valence-electron chi connectivity index (χ3n) is 1.36. The van der Waals surface area contributed by atoms with Crippen molar-refractivity contribution in [3.05, 3.63) is 23.4 Å². The predicted octanol–water partition coefficient (Wildman–Crippen LogP) is 2.42. The fourth-order valence-electron chi connectivity index (χ4n) is 0.436. The van der Waals surface area contributed by atoms with Gasteiger partial charge in [-0.1, -0.05) is 11.6 Å². The van der Waals surface area contributed by atoms with Crippen LogP contribution in [0.25, 0.3) is 0 Å². The molecule has 0 aliphatic carbocycles. The zero-order valence-electron chi connectivity index (χ0n) is 7.60. The highest BCUT2D eigenvalue weighted by Gasteiger charge is 1.86. The molecule has 0 aliphatic heterocycles. The van der Waals surface area contributed by atoms with Crippen molar-refractivity contribution >= 4 is 0 Å². The molecule has 0 saturated carbocycles. The molecular weight excluding hydrogens is 122 g/mol. The van der Waals surface area contributed by atoms with Gasteiger partial charge >= 0.3 is 0 Å². The van der Waals surface area contributed by atoms with Gasteiger partial charge in [0.05, 0.1) is 0 Å². The van der Waals surface area contributed by atoms with Gasteiger partial charge in [-0.25, -0.2) is 0 Å². The molecule has 58 valence electrons. The first-order valence-electron chi connectivity index (χ1n) is 3.53. The van der Waals surface area contributed by atoms with Gasteiger partial charge in [0.25, 0.3) is 0 Å². The van der Waals surface area contributed by atoms with Crippen molar-refractivity contribution < 1.29 is 0 Å². The standard InChI is InChI=1S/C9H17N/c1-8(2)6-7-9(3)10(4)5/h6-7H,1-5H3/b9-7+. The topological polar surface area (TPSA) is 3.24 Å². The van der Waals surface area contributed by atoms with Crippen molar-refractivity contribution in [2.45, 2.75) is 20.8 Å². The molecule has 0 atom stereocenters. The molecule has 0 bridgehead atoms. The Morgan fingerprint density at radius 1 is 1.00 bits per heavy atom. The molecule has 10 heavy (non-hydrogen) atoms. The van der Waals surface area contributed by atoms with E-state index in [9.17, 15) is 0 Å². The Balaban J connectivity index is 4.05. The molecule has 0 aromatic heterocycles. The molecule has 0 amide bonds. The van der Waals surface area contributed by atoms with Crippen molar-refractivity contribution in [2.75, 3.05) is 14.1 Å². The Morgan fingerprint density at radius 2 is 1.50 bits per heavy atom. The smallest absolute Gasteiger partial charge is 0.00958 e. The molecular formula is C9H17N. The summed E-state index contributed by atoms with van der Waals surface area (Å²) in [7, 11) is 4.09. The van der Waals surface area contributed by atoms with Crippen molar-refractivity contribution in [1.29, 1.82) is 0 Å². The Morgan fingerprint density at radius 3 is 1.80 bits per heavy atom. The largest absolute Gasteiger partial charge is 0.381 e. The first-order valence-corrected chi connectivity index (χ1v) is 3.53. The Labute approximate surface area is 64.0 Å². The minimum atomic E-state index is 1.28. The lowest BCUT2D eigenvalue weighted by atomic mass is 10.3. The molecule has 0 saturated heterocycles. The summed E-state index contributed by atoms with van der Waals surface area (Å²) in [5.41, 5.74) is 2.61. The fourth-order valence-corrected chi connectivity index (χ4v) is 0.436. The molecule has 0 unspecified atom stereocenters. The summed E-state index contributed by atoms with van der Waals surface area (Å²) in [5, 5.41) is 0. The minimum Gasteiger partial charge on any atom is -0.381 e. The number of hydrogen-bond acceptors (Lipinski definition) is 1. The van der Waals surface area contributed by atoms with Gasteiger partial charge in [0.1, 0.15) is 0 Å². The summed E-state index contributed by atoms with van der Waals surface area (Å²) in [5.74, 6) is 0. The van der Waals surface area contributed by atoms with Crippen molar-refractivity contribution in [3.8, 4) is 0 Å². The molecule has 0 fully saturated rings. The van der Waals surface area contributed by atoms with Crippen LogP contribution in [0.2, 0.25) is 0 Å². The van der Waals surface area contributed by atoms with Crippen molar-refractivity contribution in [3.63, 3.8) is 0 Å². The lowest BCUT2D eigenvalue weighted by Gasteiger charge is -2.11. The summed E-state index contributed by atoms with van der Waals surface area (Å²) >= 11 is 0. The zero-order valence-corrected chi connectivity index (χ0v) is 7.60. The summed E-state index contributed by atoms with van der Waals surface area (Å²) < 4.78 is 0. The summed E-state index contributed by atoms with van der Waals surface area (Å²) in [6.07, 6.45) is 4.24. The second-order valence-corrected chi connectivity index (χ2v) is 2.95. The first kappa shape index (κ1) is 9.28. The van der Waals surface area contributed by atoms with E-state index < -0.39 is 0 Å². The molecule has 1 nitrogen and oxygen atoms in total. The maximum absolute atomic E-state index is 2.12. The third kappa shape index (κ3) is 4.19. The first-order chi connectivity index (χ1) is 4.54. The van der Waals surface area contributed by atoms with Gasteiger partial charge in [-0.15, -0.1) is 0 Å². The van der Waals surface area contributed by atoms with E-state index in [0.29, 0.717) is 0 Å². The third-order valence-corrected chi connectivity index (χ3v) is 1.36. The number of nitrogens with zero attached hydrogens (tertiary/aromatic N) is 1. The van der Waals surface area contributed by atoms with Gasteiger partial charge in [-0.2, -0.15) is 0 Å². The van der Waals surface area contributed by atoms with E-state index in [-0.39, 0.29) is 0 Å². The molecule has 0 N–H and O–H groups in total. The van der Waals surface area contributed by atoms with Crippen molar-refractivity contribution in [1.82, 2.24) is 4.90 Å². The minimum absolute atomic E-state index is 1.28. The van der Waals surface area contributed by atoms with Gasteiger partial charge in [0, 0.05) is 19.8 Å². The van der Waals surface area contributed by atoms with Gasteiger partial charge in [-0.3, -0.25) is 0 Å². The van der Waals surface area contributed by atoms with Crippen LogP contribution in [-0.4, -0.2) is 19.0 Å². The lowest BCUT2D eigenvalue weighted by molar-refractivity contribution is 0.514. The maximum atomic E-state index is 2.12. The quantitative estimate of drug-likeness (QED) is 0.531. The van der Waals surface area contributed by atoms with Gasteiger partial charge in [0.15, 0.2) is 0 Å². The van der Waals surface area contributed by atoms with Crippen LogP contribution in [0.3, 0.4) is 0 Å². The lowest BCUT2D eigenvalue weighted by Crippen LogP contribution is -2.07. The Kier molecular flexibility index (Phi) is 3.85. The molecule has 1 heteroatoms. The molecule has 0 radical (unpaired) electrons. The highest BCUT2D eigenvalue weighted by molar-refractivity contribution is 5.12. The van der Waals surface area contributed by atoms with E-state index in [4.69, 9.17) is 0 Å². The van der Waals surface area contributed by atoms with E-state index in [0.717, 1.165) is 0 Å². The molecule has 0 aromatic rings. The average molecular weight is 139 g/mol. The Bertz CT molecular complexity index is 148. The van der Waals surface area contributed by atoms with E-state index in [2.05, 4.69) is 37.8 Å². The molecule has 0 rings (SSSR count). The van der Waals surface area contributed by atoms with Gasteiger partial charge in [-0.05, 0) is 26.8 Å². The molecule has 0 aliphatic rings. The second kappa shape index (κ2) is 4.15. The second-order valence-electron chi connectivity index (χ2n) is 2.95. The SMILES string of the molecule is CC(C)=C/C=C(\C)N(C)C. The van der Waals surface area contributed by atoms with E-state index in [1.165, 1.54) is 11.3 Å². The number of hydrogen-bond donors (Lipinski definition) is 0. The fraction of sp³-hybridized carbons (Fsp3) is 0.556. The zero-order chi connectivity index (χ0) is 8.15. The van der Waals surface area contributed by atoms with Crippen LogP contribution in [0.4, 0.5) is 0 Å². The number of allylic oxidation sites excluding steroid dienone is 4. The Hall–Kier alpha value is -0.720. The van der Waals surface area contributed by atoms with Crippen molar-refractivity contribution in [2.24, 2.45) is 0 Å². The summed E-state index contributed by atoms with van der Waals surface area (Å²) in [6, 6.07) is 0. The highest BCUT2D eigenvalue weighted by atomic mass is 15.1. The van der Waals surface area contributed by atoms with Gasteiger partial charge < -0.3 is 4.90 Å². The molecule has 0 heterocycles. The van der Waals surface area contributed by atoms with Crippen LogP contribution in [0, 0.1) is 0 Å². The summed E-state index contributed by atoms with van der Waals surface area (Å²) in [4.78, 5) is 2.10. The van der Waals surface area contributed by atoms with Gasteiger partial charge in [0.2, 0.25) is 0 Å². The van der Waals surface area contributed by atoms with Crippen LogP contribution in [0.15, 0.2) is 23.4 Å². The maximum Gasteiger partial charge on any atom is 0.00958 e. The van der Waals surface area contributed by atoms with Crippen LogP contribution in [-0.2, 0) is 0 Å². The molecule has 0 aromatic carbocycles. The number of rotatable bonds is 2. The average Bonchev–Trinajstić information content (AvgIpc) is 1.82. The predicted molar refractivity (Wildman–Crippen MR) is 46.9 cm³/mol.